The van der Waals surface area contributed by atoms with E-state index < -0.39 is 0 Å². The van der Waals surface area contributed by atoms with Gasteiger partial charge in [0.1, 0.15) is 5.75 Å². The molecule has 0 aliphatic heterocycles. The predicted molar refractivity (Wildman–Crippen MR) is 61.3 cm³/mol. The van der Waals surface area contributed by atoms with Crippen molar-refractivity contribution >= 4 is 23.2 Å². The first-order valence-electron chi connectivity index (χ1n) is 4.60. The highest BCUT2D eigenvalue weighted by Crippen LogP contribution is 2.24. The second-order valence-corrected chi connectivity index (χ2v) is 4.29. The summed E-state index contributed by atoms with van der Waals surface area (Å²) in [7, 11) is 0. The van der Waals surface area contributed by atoms with Crippen LogP contribution in [0.2, 0.25) is 5.02 Å². The SMILES string of the molecule is CC(C)COc1ccc(Cl)cc1CCl. The van der Waals surface area contributed by atoms with E-state index in [1.807, 2.05) is 18.2 Å². The van der Waals surface area contributed by atoms with E-state index in [9.17, 15) is 0 Å². The molecule has 0 atom stereocenters. The Morgan fingerprint density at radius 3 is 2.64 bits per heavy atom. The lowest BCUT2D eigenvalue weighted by molar-refractivity contribution is 0.269. The highest BCUT2D eigenvalue weighted by Gasteiger charge is 2.04. The molecular weight excluding hydrogens is 219 g/mol. The Labute approximate surface area is 95.0 Å². The van der Waals surface area contributed by atoms with Crippen LogP contribution in [0, 0.1) is 5.92 Å². The average molecular weight is 233 g/mol. The Bertz CT molecular complexity index is 297. The molecule has 0 saturated carbocycles. The van der Waals surface area contributed by atoms with Crippen LogP contribution in [0.1, 0.15) is 19.4 Å². The fraction of sp³-hybridized carbons (Fsp3) is 0.455. The molecular formula is C11H14Cl2O. The van der Waals surface area contributed by atoms with Crippen LogP contribution >= 0.6 is 23.2 Å². The number of alkyl halides is 1. The molecule has 3 heteroatoms. The Morgan fingerprint density at radius 2 is 2.07 bits per heavy atom. The van der Waals surface area contributed by atoms with Crippen molar-refractivity contribution in [3.05, 3.63) is 28.8 Å². The smallest absolute Gasteiger partial charge is 0.123 e. The van der Waals surface area contributed by atoms with Gasteiger partial charge in [-0.25, -0.2) is 0 Å². The van der Waals surface area contributed by atoms with E-state index >= 15 is 0 Å². The first-order chi connectivity index (χ1) is 6.63. The molecule has 1 rings (SSSR count). The van der Waals surface area contributed by atoms with Gasteiger partial charge in [0, 0.05) is 10.6 Å². The summed E-state index contributed by atoms with van der Waals surface area (Å²) in [6.07, 6.45) is 0. The summed E-state index contributed by atoms with van der Waals surface area (Å²) in [6.45, 7) is 4.91. The Balaban J connectivity index is 2.75. The first kappa shape index (κ1) is 11.7. The Hall–Kier alpha value is -0.400. The molecule has 1 nitrogen and oxygen atoms in total. The van der Waals surface area contributed by atoms with Crippen LogP contribution in [-0.4, -0.2) is 6.61 Å². The van der Waals surface area contributed by atoms with Crippen LogP contribution in [0.4, 0.5) is 0 Å². The maximum atomic E-state index is 5.84. The van der Waals surface area contributed by atoms with Crippen LogP contribution in [0.15, 0.2) is 18.2 Å². The molecule has 0 amide bonds. The zero-order chi connectivity index (χ0) is 10.6. The number of ether oxygens (including phenoxy) is 1. The minimum atomic E-state index is 0.425. The molecule has 0 fully saturated rings. The van der Waals surface area contributed by atoms with Crippen LogP contribution in [0.25, 0.3) is 0 Å². The summed E-state index contributed by atoms with van der Waals surface area (Å²) in [6, 6.07) is 5.51. The number of hydrogen-bond donors (Lipinski definition) is 0. The van der Waals surface area contributed by atoms with E-state index in [1.54, 1.807) is 0 Å². The highest BCUT2D eigenvalue weighted by molar-refractivity contribution is 6.30. The lowest BCUT2D eigenvalue weighted by atomic mass is 10.2. The molecule has 0 unspecified atom stereocenters. The van der Waals surface area contributed by atoms with Gasteiger partial charge in [0.15, 0.2) is 0 Å². The Kier molecular flexibility index (Phi) is 4.56. The molecule has 0 radical (unpaired) electrons. The minimum Gasteiger partial charge on any atom is -0.493 e. The van der Waals surface area contributed by atoms with Crippen molar-refractivity contribution in [1.29, 1.82) is 0 Å². The standard InChI is InChI=1S/C11H14Cl2O/c1-8(2)7-14-11-4-3-10(13)5-9(11)6-12/h3-5,8H,6-7H2,1-2H3. The molecule has 0 aliphatic rings. The van der Waals surface area contributed by atoms with E-state index in [2.05, 4.69) is 13.8 Å². The molecule has 78 valence electrons. The molecule has 0 bridgehead atoms. The third-order valence-electron chi connectivity index (χ3n) is 1.74. The van der Waals surface area contributed by atoms with Crippen LogP contribution < -0.4 is 4.74 Å². The zero-order valence-corrected chi connectivity index (χ0v) is 9.90. The maximum Gasteiger partial charge on any atom is 0.123 e. The summed E-state index contributed by atoms with van der Waals surface area (Å²) < 4.78 is 5.60. The third-order valence-corrected chi connectivity index (χ3v) is 2.26. The molecule has 0 spiro atoms. The van der Waals surface area contributed by atoms with Crippen molar-refractivity contribution in [2.24, 2.45) is 5.92 Å². The third kappa shape index (κ3) is 3.39. The van der Waals surface area contributed by atoms with E-state index in [-0.39, 0.29) is 0 Å². The van der Waals surface area contributed by atoms with Crippen molar-refractivity contribution < 1.29 is 4.74 Å². The average Bonchev–Trinajstić information content (AvgIpc) is 2.15. The normalized spacial score (nSPS) is 10.6. The molecule has 14 heavy (non-hydrogen) atoms. The second kappa shape index (κ2) is 5.47. The lowest BCUT2D eigenvalue weighted by Crippen LogP contribution is -2.05. The van der Waals surface area contributed by atoms with Crippen molar-refractivity contribution in [1.82, 2.24) is 0 Å². The van der Waals surface area contributed by atoms with Crippen LogP contribution in [0.3, 0.4) is 0 Å². The van der Waals surface area contributed by atoms with Gasteiger partial charge in [0.05, 0.1) is 12.5 Å². The summed E-state index contributed by atoms with van der Waals surface area (Å²) >= 11 is 11.6. The molecule has 0 heterocycles. The van der Waals surface area contributed by atoms with Crippen molar-refractivity contribution in [2.75, 3.05) is 6.61 Å². The predicted octanol–water partition coefficient (Wildman–Crippen LogP) is 4.11. The monoisotopic (exact) mass is 232 g/mol. The fourth-order valence-corrected chi connectivity index (χ4v) is 1.45. The van der Waals surface area contributed by atoms with E-state index in [0.29, 0.717) is 23.4 Å². The first-order valence-corrected chi connectivity index (χ1v) is 5.52. The van der Waals surface area contributed by atoms with Gasteiger partial charge in [-0.05, 0) is 24.1 Å². The van der Waals surface area contributed by atoms with Gasteiger partial charge in [-0.3, -0.25) is 0 Å². The molecule has 0 aromatic heterocycles. The van der Waals surface area contributed by atoms with E-state index in [0.717, 1.165) is 11.3 Å². The molecule has 0 N–H and O–H groups in total. The molecule has 1 aromatic rings. The van der Waals surface area contributed by atoms with Gasteiger partial charge in [-0.2, -0.15) is 0 Å². The van der Waals surface area contributed by atoms with E-state index in [4.69, 9.17) is 27.9 Å². The quantitative estimate of drug-likeness (QED) is 0.711. The summed E-state index contributed by atoms with van der Waals surface area (Å²) in [5.74, 6) is 1.76. The van der Waals surface area contributed by atoms with Gasteiger partial charge >= 0.3 is 0 Å². The largest absolute Gasteiger partial charge is 0.493 e. The molecule has 1 aromatic carbocycles. The van der Waals surface area contributed by atoms with Gasteiger partial charge < -0.3 is 4.74 Å². The summed E-state index contributed by atoms with van der Waals surface area (Å²) in [4.78, 5) is 0. The van der Waals surface area contributed by atoms with Gasteiger partial charge in [-0.15, -0.1) is 11.6 Å². The lowest BCUT2D eigenvalue weighted by Gasteiger charge is -2.11. The second-order valence-electron chi connectivity index (χ2n) is 3.59. The molecule has 0 saturated heterocycles. The van der Waals surface area contributed by atoms with Gasteiger partial charge in [-0.1, -0.05) is 25.4 Å². The van der Waals surface area contributed by atoms with E-state index in [1.165, 1.54) is 0 Å². The summed E-state index contributed by atoms with van der Waals surface area (Å²) in [5.41, 5.74) is 0.944. The van der Waals surface area contributed by atoms with Crippen molar-refractivity contribution in [3.63, 3.8) is 0 Å². The van der Waals surface area contributed by atoms with Crippen molar-refractivity contribution in [3.8, 4) is 5.75 Å². The van der Waals surface area contributed by atoms with Gasteiger partial charge in [0.2, 0.25) is 0 Å². The fourth-order valence-electron chi connectivity index (χ4n) is 1.05. The highest BCUT2D eigenvalue weighted by atomic mass is 35.5. The minimum absolute atomic E-state index is 0.425. The Morgan fingerprint density at radius 1 is 1.36 bits per heavy atom. The van der Waals surface area contributed by atoms with Crippen LogP contribution in [-0.2, 0) is 5.88 Å². The van der Waals surface area contributed by atoms with Gasteiger partial charge in [0.25, 0.3) is 0 Å². The molecule has 0 aliphatic carbocycles. The number of halogens is 2. The maximum absolute atomic E-state index is 5.84. The number of rotatable bonds is 4. The number of hydrogen-bond acceptors (Lipinski definition) is 1. The zero-order valence-electron chi connectivity index (χ0n) is 8.39. The number of benzene rings is 1. The summed E-state index contributed by atoms with van der Waals surface area (Å²) in [5, 5.41) is 0.692. The van der Waals surface area contributed by atoms with Crippen LogP contribution in [0.5, 0.6) is 5.75 Å². The topological polar surface area (TPSA) is 9.23 Å². The van der Waals surface area contributed by atoms with Crippen molar-refractivity contribution in [2.45, 2.75) is 19.7 Å².